The van der Waals surface area contributed by atoms with Gasteiger partial charge >= 0.3 is 11.9 Å². The van der Waals surface area contributed by atoms with Crippen LogP contribution in [0.2, 0.25) is 0 Å². The lowest BCUT2D eigenvalue weighted by Gasteiger charge is -2.28. The van der Waals surface area contributed by atoms with Gasteiger partial charge in [-0.3, -0.25) is 24.0 Å². The molecule has 0 saturated carbocycles. The smallest absolute Gasteiger partial charge is 0.328 e. The highest BCUT2D eigenvalue weighted by Crippen LogP contribution is 2.19. The molecule has 0 aromatic heterocycles. The predicted molar refractivity (Wildman–Crippen MR) is 102 cm³/mol. The summed E-state index contributed by atoms with van der Waals surface area (Å²) in [5, 5.41) is 30.9. The van der Waals surface area contributed by atoms with Gasteiger partial charge in [0.25, 0.3) is 0 Å². The fourth-order valence-electron chi connectivity index (χ4n) is 3.05. The Balaban J connectivity index is 2.87. The number of hydrogen-bond donors (Lipinski definition) is 7. The van der Waals surface area contributed by atoms with Crippen LogP contribution < -0.4 is 22.1 Å². The van der Waals surface area contributed by atoms with Crippen molar-refractivity contribution in [3.8, 4) is 0 Å². The molecule has 0 bridgehead atoms. The largest absolute Gasteiger partial charge is 0.481 e. The first-order valence-electron chi connectivity index (χ1n) is 9.48. The Kier molecular flexibility index (Phi) is 9.82. The number of hydrogen-bond acceptors (Lipinski definition) is 8. The predicted octanol–water partition coefficient (Wildman–Crippen LogP) is -3.91. The molecule has 14 nitrogen and oxygen atoms in total. The van der Waals surface area contributed by atoms with Gasteiger partial charge in [0.05, 0.1) is 19.1 Å². The minimum Gasteiger partial charge on any atom is -0.481 e. The number of nitrogens with two attached hydrogens (primary N) is 2. The van der Waals surface area contributed by atoms with E-state index in [0.29, 0.717) is 6.42 Å². The second-order valence-electron chi connectivity index (χ2n) is 7.04. The Labute approximate surface area is 176 Å². The van der Waals surface area contributed by atoms with Gasteiger partial charge < -0.3 is 42.3 Å². The first-order valence-corrected chi connectivity index (χ1v) is 9.48. The van der Waals surface area contributed by atoms with Crippen LogP contribution in [0, 0.1) is 0 Å². The van der Waals surface area contributed by atoms with Gasteiger partial charge in [0.1, 0.15) is 18.1 Å². The highest BCUT2D eigenvalue weighted by molar-refractivity contribution is 5.96. The molecule has 4 amide bonds. The van der Waals surface area contributed by atoms with Crippen molar-refractivity contribution in [3.05, 3.63) is 0 Å². The van der Waals surface area contributed by atoms with Crippen LogP contribution in [0.15, 0.2) is 0 Å². The molecule has 1 fully saturated rings. The number of carbonyl (C=O) groups excluding carboxylic acids is 4. The average molecular weight is 445 g/mol. The summed E-state index contributed by atoms with van der Waals surface area (Å²) in [4.78, 5) is 71.6. The zero-order valence-corrected chi connectivity index (χ0v) is 16.7. The third kappa shape index (κ3) is 7.82. The molecule has 0 aromatic rings. The van der Waals surface area contributed by atoms with Crippen LogP contribution in [0.5, 0.6) is 0 Å². The Morgan fingerprint density at radius 1 is 1.06 bits per heavy atom. The molecule has 9 N–H and O–H groups in total. The summed E-state index contributed by atoms with van der Waals surface area (Å²) in [6.45, 7) is -0.729. The van der Waals surface area contributed by atoms with E-state index in [1.165, 1.54) is 4.90 Å². The quantitative estimate of drug-likeness (QED) is 0.154. The van der Waals surface area contributed by atoms with Crippen molar-refractivity contribution in [2.24, 2.45) is 11.5 Å². The van der Waals surface area contributed by atoms with Crippen LogP contribution in [0.25, 0.3) is 0 Å². The maximum absolute atomic E-state index is 12.7. The monoisotopic (exact) mass is 445 g/mol. The number of nitrogens with one attached hydrogen (secondary N) is 2. The molecule has 0 aromatic carbocycles. The molecule has 4 atom stereocenters. The molecule has 1 heterocycles. The molecule has 0 aliphatic carbocycles. The van der Waals surface area contributed by atoms with Crippen LogP contribution in [0.3, 0.4) is 0 Å². The van der Waals surface area contributed by atoms with E-state index in [1.54, 1.807) is 0 Å². The standard InChI is InChI=1S/C17H27N5O9/c18-8(3-4-13(25)26)16(29)22-5-1-2-11(22)15(28)20-9(6-12(19)24)14(27)21-10(7-23)17(30)31/h8-11,23H,1-7,18H2,(H2,19,24)(H,20,28)(H,21,27)(H,25,26)(H,30,31). The number of primary amides is 1. The van der Waals surface area contributed by atoms with Crippen LogP contribution in [-0.4, -0.2) is 93.1 Å². The van der Waals surface area contributed by atoms with Crippen LogP contribution in [0.1, 0.15) is 32.1 Å². The number of aliphatic hydroxyl groups excluding tert-OH is 1. The number of likely N-dealkylation sites (tertiary alicyclic amines) is 1. The molecule has 14 heteroatoms. The molecule has 1 aliphatic rings. The van der Waals surface area contributed by atoms with Gasteiger partial charge in [0.2, 0.25) is 23.6 Å². The summed E-state index contributed by atoms with van der Waals surface area (Å²) < 4.78 is 0. The van der Waals surface area contributed by atoms with Gasteiger partial charge in [-0.25, -0.2) is 4.79 Å². The highest BCUT2D eigenvalue weighted by atomic mass is 16.4. The first kappa shape index (κ1) is 25.8. The molecular formula is C17H27N5O9. The lowest BCUT2D eigenvalue weighted by atomic mass is 10.1. The van der Waals surface area contributed by atoms with E-state index >= 15 is 0 Å². The van der Waals surface area contributed by atoms with E-state index in [-0.39, 0.29) is 25.8 Å². The third-order valence-electron chi connectivity index (χ3n) is 4.66. The topological polar surface area (TPSA) is 242 Å². The first-order chi connectivity index (χ1) is 14.5. The van der Waals surface area contributed by atoms with Crippen molar-refractivity contribution in [1.82, 2.24) is 15.5 Å². The molecule has 1 rings (SSSR count). The fourth-order valence-corrected chi connectivity index (χ4v) is 3.05. The molecule has 1 aliphatic heterocycles. The number of amides is 4. The average Bonchev–Trinajstić information content (AvgIpc) is 3.18. The number of carboxylic acids is 2. The van der Waals surface area contributed by atoms with E-state index in [4.69, 9.17) is 26.8 Å². The number of carbonyl (C=O) groups is 6. The molecular weight excluding hydrogens is 418 g/mol. The van der Waals surface area contributed by atoms with Crippen molar-refractivity contribution < 1.29 is 44.1 Å². The van der Waals surface area contributed by atoms with Crippen molar-refractivity contribution in [2.75, 3.05) is 13.2 Å². The maximum Gasteiger partial charge on any atom is 0.328 e. The van der Waals surface area contributed by atoms with Crippen LogP contribution >= 0.6 is 0 Å². The van der Waals surface area contributed by atoms with Crippen LogP contribution in [-0.2, 0) is 28.8 Å². The number of rotatable bonds is 12. The summed E-state index contributed by atoms with van der Waals surface area (Å²) >= 11 is 0. The SMILES string of the molecule is NC(=O)CC(NC(=O)C1CCCN1C(=O)C(N)CCC(=O)O)C(=O)NC(CO)C(=O)O. The molecule has 174 valence electrons. The van der Waals surface area contributed by atoms with E-state index in [9.17, 15) is 28.8 Å². The Bertz CT molecular complexity index is 729. The van der Waals surface area contributed by atoms with Gasteiger partial charge in [-0.2, -0.15) is 0 Å². The van der Waals surface area contributed by atoms with Crippen molar-refractivity contribution >= 4 is 35.6 Å². The fraction of sp³-hybridized carbons (Fsp3) is 0.647. The normalized spacial score (nSPS) is 18.5. The molecule has 0 radical (unpaired) electrons. The van der Waals surface area contributed by atoms with Crippen molar-refractivity contribution in [2.45, 2.75) is 56.3 Å². The molecule has 1 saturated heterocycles. The molecule has 4 unspecified atom stereocenters. The van der Waals surface area contributed by atoms with Gasteiger partial charge in [-0.1, -0.05) is 0 Å². The van der Waals surface area contributed by atoms with E-state index in [2.05, 4.69) is 5.32 Å². The molecule has 0 spiro atoms. The lowest BCUT2D eigenvalue weighted by Crippen LogP contribution is -2.57. The van der Waals surface area contributed by atoms with Gasteiger partial charge in [0, 0.05) is 13.0 Å². The summed E-state index contributed by atoms with van der Waals surface area (Å²) in [7, 11) is 0. The second-order valence-corrected chi connectivity index (χ2v) is 7.04. The zero-order chi connectivity index (χ0) is 23.7. The maximum atomic E-state index is 12.7. The van der Waals surface area contributed by atoms with E-state index in [0.717, 1.165) is 0 Å². The minimum absolute atomic E-state index is 0.122. The number of carboxylic acid groups (broad SMARTS) is 2. The number of aliphatic carboxylic acids is 2. The van der Waals surface area contributed by atoms with Gasteiger partial charge in [-0.15, -0.1) is 0 Å². The Morgan fingerprint density at radius 3 is 2.23 bits per heavy atom. The Hall–Kier alpha value is -3.26. The number of aliphatic hydroxyl groups is 1. The van der Waals surface area contributed by atoms with E-state index in [1.807, 2.05) is 5.32 Å². The summed E-state index contributed by atoms with van der Waals surface area (Å²) in [5.41, 5.74) is 10.8. The van der Waals surface area contributed by atoms with Crippen molar-refractivity contribution in [1.29, 1.82) is 0 Å². The highest BCUT2D eigenvalue weighted by Gasteiger charge is 2.38. The summed E-state index contributed by atoms with van der Waals surface area (Å²) in [6, 6.07) is -5.33. The third-order valence-corrected chi connectivity index (χ3v) is 4.66. The molecule has 31 heavy (non-hydrogen) atoms. The second kappa shape index (κ2) is 11.8. The number of nitrogens with zero attached hydrogens (tertiary/aromatic N) is 1. The zero-order valence-electron chi connectivity index (χ0n) is 16.7. The minimum atomic E-state index is -1.66. The van der Waals surface area contributed by atoms with Gasteiger partial charge in [-0.05, 0) is 19.3 Å². The van der Waals surface area contributed by atoms with Crippen molar-refractivity contribution in [3.63, 3.8) is 0 Å². The summed E-state index contributed by atoms with van der Waals surface area (Å²) in [6.07, 6.45) is -0.401. The lowest BCUT2D eigenvalue weighted by molar-refractivity contribution is -0.144. The Morgan fingerprint density at radius 2 is 1.71 bits per heavy atom. The van der Waals surface area contributed by atoms with Gasteiger partial charge in [0.15, 0.2) is 0 Å². The van der Waals surface area contributed by atoms with Crippen LogP contribution in [0.4, 0.5) is 0 Å². The summed E-state index contributed by atoms with van der Waals surface area (Å²) in [5.74, 6) is -6.06. The van der Waals surface area contributed by atoms with E-state index < -0.39 is 72.8 Å².